The van der Waals surface area contributed by atoms with Crippen molar-refractivity contribution in [1.29, 1.82) is 0 Å². The molecule has 0 aliphatic carbocycles. The third-order valence-corrected chi connectivity index (χ3v) is 5.91. The Morgan fingerprint density at radius 3 is 2.74 bits per heavy atom. The minimum atomic E-state index is -0.233. The number of hydrogen-bond donors (Lipinski definition) is 1. The summed E-state index contributed by atoms with van der Waals surface area (Å²) in [6.07, 6.45) is 8.11. The second-order valence-corrected chi connectivity index (χ2v) is 8.36. The van der Waals surface area contributed by atoms with E-state index in [-0.39, 0.29) is 12.0 Å². The maximum absolute atomic E-state index is 12.7. The first-order valence-corrected chi connectivity index (χ1v) is 11.8. The number of ether oxygens (including phenoxy) is 2. The van der Waals surface area contributed by atoms with Gasteiger partial charge in [-0.15, -0.1) is 0 Å². The van der Waals surface area contributed by atoms with Crippen LogP contribution >= 0.6 is 0 Å². The Kier molecular flexibility index (Phi) is 6.81. The van der Waals surface area contributed by atoms with E-state index in [2.05, 4.69) is 28.3 Å². The van der Waals surface area contributed by atoms with Crippen LogP contribution in [-0.4, -0.2) is 45.0 Å². The lowest BCUT2D eigenvalue weighted by Gasteiger charge is -2.11. The van der Waals surface area contributed by atoms with Crippen LogP contribution < -0.4 is 10.1 Å². The lowest BCUT2D eigenvalue weighted by Crippen LogP contribution is -2.17. The molecule has 5 rings (SSSR count). The summed E-state index contributed by atoms with van der Waals surface area (Å²) in [5.41, 5.74) is 5.01. The Morgan fingerprint density at radius 2 is 2.06 bits per heavy atom. The fourth-order valence-corrected chi connectivity index (χ4v) is 3.99. The van der Waals surface area contributed by atoms with Gasteiger partial charge in [0.05, 0.1) is 23.0 Å². The molecular weight excluding hydrogens is 442 g/mol. The molecule has 0 saturated carbocycles. The molecule has 8 heteroatoms. The summed E-state index contributed by atoms with van der Waals surface area (Å²) in [7, 11) is 0. The first-order valence-electron chi connectivity index (χ1n) is 11.8. The van der Waals surface area contributed by atoms with E-state index in [1.807, 2.05) is 47.3 Å². The van der Waals surface area contributed by atoms with Crippen LogP contribution in [0.5, 0.6) is 5.88 Å². The fourth-order valence-electron chi connectivity index (χ4n) is 3.99. The summed E-state index contributed by atoms with van der Waals surface area (Å²) in [6, 6.07) is 17.0. The number of amides is 1. The highest BCUT2D eigenvalue weighted by atomic mass is 16.5. The number of nitrogens with zero attached hydrogens (tertiary/aromatic N) is 4. The SMILES string of the molecule is CCc1cc(-c2cccnc2)nn1-c1ccc(NC(=O)c2ccc(OCC3CCCO3)nc2)cc1. The smallest absolute Gasteiger partial charge is 0.257 e. The first kappa shape index (κ1) is 22.7. The second kappa shape index (κ2) is 10.5. The molecule has 1 aliphatic rings. The van der Waals surface area contributed by atoms with Crippen molar-refractivity contribution in [3.05, 3.63) is 84.4 Å². The largest absolute Gasteiger partial charge is 0.475 e. The van der Waals surface area contributed by atoms with Crippen molar-refractivity contribution < 1.29 is 14.3 Å². The van der Waals surface area contributed by atoms with Gasteiger partial charge in [0.2, 0.25) is 5.88 Å². The van der Waals surface area contributed by atoms with Crippen LogP contribution in [0.4, 0.5) is 5.69 Å². The van der Waals surface area contributed by atoms with E-state index < -0.39 is 0 Å². The van der Waals surface area contributed by atoms with Crippen molar-refractivity contribution in [3.63, 3.8) is 0 Å². The van der Waals surface area contributed by atoms with Crippen LogP contribution in [0.25, 0.3) is 16.9 Å². The van der Waals surface area contributed by atoms with Gasteiger partial charge in [0.15, 0.2) is 0 Å². The van der Waals surface area contributed by atoms with Crippen LogP contribution in [0.1, 0.15) is 35.8 Å². The average molecular weight is 470 g/mol. The van der Waals surface area contributed by atoms with E-state index in [0.717, 1.165) is 48.5 Å². The van der Waals surface area contributed by atoms with Crippen molar-refractivity contribution in [2.24, 2.45) is 0 Å². The number of rotatable bonds is 8. The van der Waals surface area contributed by atoms with E-state index in [1.54, 1.807) is 18.3 Å². The molecule has 1 saturated heterocycles. The Morgan fingerprint density at radius 1 is 1.17 bits per heavy atom. The topological polar surface area (TPSA) is 91.2 Å². The van der Waals surface area contributed by atoms with Crippen LogP contribution in [0.15, 0.2) is 73.2 Å². The number of hydrogen-bond acceptors (Lipinski definition) is 6. The van der Waals surface area contributed by atoms with Gasteiger partial charge in [0.25, 0.3) is 5.91 Å². The number of pyridine rings is 2. The summed E-state index contributed by atoms with van der Waals surface area (Å²) in [6.45, 7) is 3.36. The first-order chi connectivity index (χ1) is 17.2. The zero-order valence-electron chi connectivity index (χ0n) is 19.6. The number of carbonyl (C=O) groups is 1. The van der Waals surface area contributed by atoms with Crippen molar-refractivity contribution in [2.75, 3.05) is 18.5 Å². The molecule has 0 bridgehead atoms. The average Bonchev–Trinajstić information content (AvgIpc) is 3.59. The third kappa shape index (κ3) is 5.38. The zero-order valence-corrected chi connectivity index (χ0v) is 19.6. The molecule has 1 amide bonds. The van der Waals surface area contributed by atoms with Crippen molar-refractivity contribution in [3.8, 4) is 22.8 Å². The molecule has 35 heavy (non-hydrogen) atoms. The highest BCUT2D eigenvalue weighted by Gasteiger charge is 2.16. The van der Waals surface area contributed by atoms with Crippen LogP contribution in [0.2, 0.25) is 0 Å². The number of aryl methyl sites for hydroxylation is 1. The molecule has 1 aromatic carbocycles. The summed E-state index contributed by atoms with van der Waals surface area (Å²) in [5, 5.41) is 7.68. The molecule has 4 heterocycles. The van der Waals surface area contributed by atoms with Crippen LogP contribution in [0.3, 0.4) is 0 Å². The lowest BCUT2D eigenvalue weighted by atomic mass is 10.2. The van der Waals surface area contributed by atoms with Gasteiger partial charge >= 0.3 is 0 Å². The summed E-state index contributed by atoms with van der Waals surface area (Å²) in [4.78, 5) is 21.1. The van der Waals surface area contributed by atoms with Crippen molar-refractivity contribution >= 4 is 11.6 Å². The molecule has 8 nitrogen and oxygen atoms in total. The molecule has 4 aromatic rings. The maximum atomic E-state index is 12.7. The minimum Gasteiger partial charge on any atom is -0.475 e. The van der Waals surface area contributed by atoms with Gasteiger partial charge in [-0.3, -0.25) is 9.78 Å². The number of aromatic nitrogens is 4. The van der Waals surface area contributed by atoms with E-state index in [9.17, 15) is 4.79 Å². The Balaban J connectivity index is 1.23. The lowest BCUT2D eigenvalue weighted by molar-refractivity contribution is 0.0663. The quantitative estimate of drug-likeness (QED) is 0.402. The molecular formula is C27H27N5O3. The van der Waals surface area contributed by atoms with Crippen molar-refractivity contribution in [1.82, 2.24) is 19.7 Å². The third-order valence-electron chi connectivity index (χ3n) is 5.91. The summed E-state index contributed by atoms with van der Waals surface area (Å²) >= 11 is 0. The highest BCUT2D eigenvalue weighted by molar-refractivity contribution is 6.04. The zero-order chi connectivity index (χ0) is 24.0. The molecule has 0 spiro atoms. The summed E-state index contributed by atoms with van der Waals surface area (Å²) < 4.78 is 13.1. The predicted octanol–water partition coefficient (Wildman–Crippen LogP) is 4.70. The Labute approximate surface area is 204 Å². The van der Waals surface area contributed by atoms with E-state index >= 15 is 0 Å². The van der Waals surface area contributed by atoms with Crippen molar-refractivity contribution in [2.45, 2.75) is 32.3 Å². The van der Waals surface area contributed by atoms with Gasteiger partial charge < -0.3 is 14.8 Å². The number of anilines is 1. The minimum absolute atomic E-state index is 0.125. The molecule has 3 aromatic heterocycles. The molecule has 1 aliphatic heterocycles. The second-order valence-electron chi connectivity index (χ2n) is 8.36. The molecule has 1 N–H and O–H groups in total. The van der Waals surface area contributed by atoms with Gasteiger partial charge in [-0.2, -0.15) is 5.10 Å². The van der Waals surface area contributed by atoms with Gasteiger partial charge in [0.1, 0.15) is 6.61 Å². The number of nitrogens with one attached hydrogen (secondary N) is 1. The number of carbonyl (C=O) groups excluding carboxylic acids is 1. The number of benzene rings is 1. The monoisotopic (exact) mass is 469 g/mol. The van der Waals surface area contributed by atoms with E-state index in [0.29, 0.717) is 23.7 Å². The van der Waals surface area contributed by atoms with Crippen LogP contribution in [0, 0.1) is 0 Å². The maximum Gasteiger partial charge on any atom is 0.257 e. The molecule has 0 radical (unpaired) electrons. The van der Waals surface area contributed by atoms with Gasteiger partial charge in [0, 0.05) is 48.2 Å². The van der Waals surface area contributed by atoms with Crippen LogP contribution in [-0.2, 0) is 11.2 Å². The fraction of sp³-hybridized carbons (Fsp3) is 0.259. The predicted molar refractivity (Wildman–Crippen MR) is 133 cm³/mol. The van der Waals surface area contributed by atoms with Gasteiger partial charge in [-0.05, 0) is 67.8 Å². The Bertz CT molecular complexity index is 1260. The Hall–Kier alpha value is -4.04. The normalized spacial score (nSPS) is 15.2. The van der Waals surface area contributed by atoms with E-state index in [4.69, 9.17) is 14.6 Å². The molecule has 1 atom stereocenters. The standard InChI is InChI=1S/C27H27N5O3/c1-2-22-15-25(19-5-3-13-28-16-19)31-32(22)23-10-8-21(9-11-23)30-27(33)20-7-12-26(29-17-20)35-18-24-6-4-14-34-24/h3,5,7-13,15-17,24H,2,4,6,14,18H2,1H3,(H,30,33). The molecule has 1 unspecified atom stereocenters. The highest BCUT2D eigenvalue weighted by Crippen LogP contribution is 2.23. The van der Waals surface area contributed by atoms with Gasteiger partial charge in [-0.1, -0.05) is 6.92 Å². The van der Waals surface area contributed by atoms with E-state index in [1.165, 1.54) is 6.20 Å². The van der Waals surface area contributed by atoms with Gasteiger partial charge in [-0.25, -0.2) is 9.67 Å². The molecule has 1 fully saturated rings. The molecule has 178 valence electrons. The summed E-state index contributed by atoms with van der Waals surface area (Å²) in [5.74, 6) is 0.251.